The second kappa shape index (κ2) is 5.21. The number of aldehydes is 1. The number of halogens is 4. The van der Waals surface area contributed by atoms with Crippen molar-refractivity contribution in [3.8, 4) is 5.75 Å². The highest BCUT2D eigenvalue weighted by Crippen LogP contribution is 2.27. The molecular weight excluding hydrogens is 245 g/mol. The van der Waals surface area contributed by atoms with Gasteiger partial charge in [0.15, 0.2) is 0 Å². The van der Waals surface area contributed by atoms with Crippen LogP contribution in [-0.2, 0) is 11.2 Å². The summed E-state index contributed by atoms with van der Waals surface area (Å²) in [5.41, 5.74) is 0.454. The summed E-state index contributed by atoms with van der Waals surface area (Å²) in [5.74, 6) is -0.335. The Balaban J connectivity index is 2.84. The van der Waals surface area contributed by atoms with Gasteiger partial charge in [-0.25, -0.2) is 0 Å². The molecule has 88 valence electrons. The van der Waals surface area contributed by atoms with Crippen LogP contribution >= 0.6 is 11.6 Å². The largest absolute Gasteiger partial charge is 0.573 e. The maximum Gasteiger partial charge on any atom is 0.573 e. The molecule has 0 N–H and O–H groups in total. The Labute approximate surface area is 95.0 Å². The minimum absolute atomic E-state index is 0.204. The predicted molar refractivity (Wildman–Crippen MR) is 52.5 cm³/mol. The quantitative estimate of drug-likeness (QED) is 0.768. The number of hydrogen-bond donors (Lipinski definition) is 0. The molecule has 0 unspecified atom stereocenters. The van der Waals surface area contributed by atoms with E-state index in [1.165, 1.54) is 12.1 Å². The monoisotopic (exact) mass is 252 g/mol. The zero-order valence-corrected chi connectivity index (χ0v) is 8.81. The lowest BCUT2D eigenvalue weighted by atomic mass is 10.1. The Kier molecular flexibility index (Phi) is 4.18. The van der Waals surface area contributed by atoms with Gasteiger partial charge in [0, 0.05) is 11.4 Å². The lowest BCUT2D eigenvalue weighted by Crippen LogP contribution is -2.17. The maximum absolute atomic E-state index is 11.9. The summed E-state index contributed by atoms with van der Waals surface area (Å²) < 4.78 is 39.5. The summed E-state index contributed by atoms with van der Waals surface area (Å²) >= 11 is 5.75. The number of carbonyl (C=O) groups excluding carboxylic acids is 1. The summed E-state index contributed by atoms with van der Waals surface area (Å²) in [4.78, 5) is 10.1. The first-order chi connectivity index (χ1) is 7.42. The van der Waals surface area contributed by atoms with Crippen LogP contribution in [0.5, 0.6) is 5.75 Å². The zero-order valence-electron chi connectivity index (χ0n) is 8.05. The standard InChI is InChI=1S/C10H8ClF3O2/c11-9-4-3-8(16-10(12,13)14)6-7(9)2-1-5-15/h3-6H,1-2H2. The van der Waals surface area contributed by atoms with E-state index in [2.05, 4.69) is 4.74 Å². The van der Waals surface area contributed by atoms with Gasteiger partial charge in [0.2, 0.25) is 0 Å². The third kappa shape index (κ3) is 4.10. The van der Waals surface area contributed by atoms with Gasteiger partial charge < -0.3 is 9.53 Å². The van der Waals surface area contributed by atoms with E-state index in [0.29, 0.717) is 16.9 Å². The molecular formula is C10H8ClF3O2. The molecule has 0 aliphatic carbocycles. The van der Waals surface area contributed by atoms with Crippen LogP contribution < -0.4 is 4.74 Å². The van der Waals surface area contributed by atoms with Gasteiger partial charge in [-0.3, -0.25) is 0 Å². The molecule has 1 aromatic rings. The molecule has 0 spiro atoms. The molecule has 1 aromatic carbocycles. The van der Waals surface area contributed by atoms with Gasteiger partial charge in [-0.15, -0.1) is 13.2 Å². The molecule has 0 saturated carbocycles. The number of hydrogen-bond acceptors (Lipinski definition) is 2. The van der Waals surface area contributed by atoms with Gasteiger partial charge in [0.05, 0.1) is 0 Å². The van der Waals surface area contributed by atoms with Crippen molar-refractivity contribution >= 4 is 17.9 Å². The molecule has 0 aliphatic rings. The summed E-state index contributed by atoms with van der Waals surface area (Å²) in [6.45, 7) is 0. The Morgan fingerprint density at radius 1 is 1.38 bits per heavy atom. The number of ether oxygens (including phenoxy) is 1. The number of benzene rings is 1. The van der Waals surface area contributed by atoms with Crippen LogP contribution in [0, 0.1) is 0 Å². The minimum atomic E-state index is -4.73. The number of alkyl halides is 3. The van der Waals surface area contributed by atoms with E-state index in [4.69, 9.17) is 11.6 Å². The second-order valence-electron chi connectivity index (χ2n) is 3.01. The normalized spacial score (nSPS) is 11.2. The van der Waals surface area contributed by atoms with Crippen molar-refractivity contribution in [2.75, 3.05) is 0 Å². The minimum Gasteiger partial charge on any atom is -0.406 e. The molecule has 0 bridgehead atoms. The fourth-order valence-corrected chi connectivity index (χ4v) is 1.37. The van der Waals surface area contributed by atoms with Crippen LogP contribution in [-0.4, -0.2) is 12.6 Å². The average molecular weight is 253 g/mol. The first-order valence-corrected chi connectivity index (χ1v) is 4.78. The molecule has 0 heterocycles. The highest BCUT2D eigenvalue weighted by atomic mass is 35.5. The molecule has 0 amide bonds. The van der Waals surface area contributed by atoms with E-state index in [1.807, 2.05) is 0 Å². The molecule has 6 heteroatoms. The van der Waals surface area contributed by atoms with Crippen molar-refractivity contribution < 1.29 is 22.7 Å². The molecule has 1 rings (SSSR count). The highest BCUT2D eigenvalue weighted by Gasteiger charge is 2.31. The molecule has 16 heavy (non-hydrogen) atoms. The lowest BCUT2D eigenvalue weighted by molar-refractivity contribution is -0.274. The Morgan fingerprint density at radius 3 is 2.62 bits per heavy atom. The van der Waals surface area contributed by atoms with E-state index in [-0.39, 0.29) is 18.6 Å². The van der Waals surface area contributed by atoms with Crippen LogP contribution in [0.2, 0.25) is 5.02 Å². The Bertz CT molecular complexity index is 377. The third-order valence-corrected chi connectivity index (χ3v) is 2.15. The van der Waals surface area contributed by atoms with Crippen molar-refractivity contribution in [1.82, 2.24) is 0 Å². The van der Waals surface area contributed by atoms with E-state index in [0.717, 1.165) is 6.07 Å². The van der Waals surface area contributed by atoms with E-state index in [1.54, 1.807) is 0 Å². The van der Waals surface area contributed by atoms with Crippen molar-refractivity contribution in [3.63, 3.8) is 0 Å². The summed E-state index contributed by atoms with van der Waals surface area (Å²) in [6, 6.07) is 3.61. The molecule has 0 atom stereocenters. The smallest absolute Gasteiger partial charge is 0.406 e. The summed E-state index contributed by atoms with van der Waals surface area (Å²) in [6.07, 6.45) is -3.56. The van der Waals surface area contributed by atoms with Crippen molar-refractivity contribution in [1.29, 1.82) is 0 Å². The highest BCUT2D eigenvalue weighted by molar-refractivity contribution is 6.31. The van der Waals surface area contributed by atoms with E-state index in [9.17, 15) is 18.0 Å². The van der Waals surface area contributed by atoms with Crippen LogP contribution in [0.25, 0.3) is 0 Å². The fraction of sp³-hybridized carbons (Fsp3) is 0.300. The molecule has 0 radical (unpaired) electrons. The zero-order chi connectivity index (χ0) is 12.2. The van der Waals surface area contributed by atoms with Crippen LogP contribution in [0.4, 0.5) is 13.2 Å². The molecule has 0 saturated heterocycles. The van der Waals surface area contributed by atoms with Gasteiger partial charge in [0.1, 0.15) is 12.0 Å². The van der Waals surface area contributed by atoms with E-state index < -0.39 is 6.36 Å². The second-order valence-corrected chi connectivity index (χ2v) is 3.41. The van der Waals surface area contributed by atoms with Gasteiger partial charge >= 0.3 is 6.36 Å². The van der Waals surface area contributed by atoms with Gasteiger partial charge in [-0.05, 0) is 30.2 Å². The SMILES string of the molecule is O=CCCc1cc(OC(F)(F)F)ccc1Cl. The maximum atomic E-state index is 11.9. The molecule has 0 fully saturated rings. The summed E-state index contributed by atoms with van der Waals surface area (Å²) in [5, 5.41) is 0.316. The van der Waals surface area contributed by atoms with Crippen LogP contribution in [0.15, 0.2) is 18.2 Å². The molecule has 2 nitrogen and oxygen atoms in total. The third-order valence-electron chi connectivity index (χ3n) is 1.78. The fourth-order valence-electron chi connectivity index (χ4n) is 1.15. The van der Waals surface area contributed by atoms with Crippen molar-refractivity contribution in [3.05, 3.63) is 28.8 Å². The van der Waals surface area contributed by atoms with Crippen molar-refractivity contribution in [2.24, 2.45) is 0 Å². The first-order valence-electron chi connectivity index (χ1n) is 4.40. The summed E-state index contributed by atoms with van der Waals surface area (Å²) in [7, 11) is 0. The lowest BCUT2D eigenvalue weighted by Gasteiger charge is -2.10. The predicted octanol–water partition coefficient (Wildman–Crippen LogP) is 3.37. The van der Waals surface area contributed by atoms with Gasteiger partial charge in [0.25, 0.3) is 0 Å². The first kappa shape index (κ1) is 12.8. The Morgan fingerprint density at radius 2 is 2.06 bits per heavy atom. The van der Waals surface area contributed by atoms with Gasteiger partial charge in [-0.1, -0.05) is 11.6 Å². The van der Waals surface area contributed by atoms with Crippen LogP contribution in [0.3, 0.4) is 0 Å². The average Bonchev–Trinajstić information content (AvgIpc) is 2.17. The van der Waals surface area contributed by atoms with Gasteiger partial charge in [-0.2, -0.15) is 0 Å². The number of carbonyl (C=O) groups is 1. The number of aryl methyl sites for hydroxylation is 1. The topological polar surface area (TPSA) is 26.3 Å². The van der Waals surface area contributed by atoms with Crippen molar-refractivity contribution in [2.45, 2.75) is 19.2 Å². The number of rotatable bonds is 4. The molecule has 0 aromatic heterocycles. The van der Waals surface area contributed by atoms with Crippen LogP contribution in [0.1, 0.15) is 12.0 Å². The Hall–Kier alpha value is -1.23. The molecule has 0 aliphatic heterocycles. The van der Waals surface area contributed by atoms with E-state index >= 15 is 0 Å².